The number of pyridine rings is 3. The van der Waals surface area contributed by atoms with Crippen molar-refractivity contribution in [1.82, 2.24) is 15.0 Å². The number of fused-ring (bicyclic) bond motifs is 7. The van der Waals surface area contributed by atoms with Crippen LogP contribution in [0, 0.1) is 0 Å². The first-order valence-electron chi connectivity index (χ1n) is 13.0. The smallest absolute Gasteiger partial charge is 0.0893 e. The van der Waals surface area contributed by atoms with E-state index in [1.54, 1.807) is 0 Å². The van der Waals surface area contributed by atoms with Crippen LogP contribution in [0.5, 0.6) is 0 Å². The summed E-state index contributed by atoms with van der Waals surface area (Å²) in [4.78, 5) is 14.9. The van der Waals surface area contributed by atoms with Crippen LogP contribution in [0.1, 0.15) is 0 Å². The summed E-state index contributed by atoms with van der Waals surface area (Å²) in [6.45, 7) is 0. The number of rotatable bonds is 3. The van der Waals surface area contributed by atoms with Crippen LogP contribution in [0.15, 0.2) is 128 Å². The summed E-state index contributed by atoms with van der Waals surface area (Å²) in [6, 6.07) is 42.2. The average molecular weight is 516 g/mol. The Morgan fingerprint density at radius 1 is 0.513 bits per heavy atom. The molecule has 0 aliphatic heterocycles. The molecule has 0 radical (unpaired) electrons. The Kier molecular flexibility index (Phi) is 5.00. The van der Waals surface area contributed by atoms with Gasteiger partial charge in [0.2, 0.25) is 0 Å². The Balaban J connectivity index is 1.56. The van der Waals surface area contributed by atoms with Crippen molar-refractivity contribution in [1.29, 1.82) is 0 Å². The molecule has 0 aliphatic carbocycles. The summed E-state index contributed by atoms with van der Waals surface area (Å²) in [5, 5.41) is 6.08. The molecule has 0 atom stereocenters. The van der Waals surface area contributed by atoms with Gasteiger partial charge in [-0.2, -0.15) is 0 Å². The maximum Gasteiger partial charge on any atom is 0.0893 e. The predicted octanol–water partition coefficient (Wildman–Crippen LogP) is 9.55. The van der Waals surface area contributed by atoms with Crippen molar-refractivity contribution in [3.63, 3.8) is 0 Å². The van der Waals surface area contributed by atoms with Gasteiger partial charge in [-0.25, -0.2) is 9.97 Å². The van der Waals surface area contributed by atoms with Crippen molar-refractivity contribution < 1.29 is 0 Å². The molecule has 0 bridgehead atoms. The Morgan fingerprint density at radius 2 is 1.26 bits per heavy atom. The van der Waals surface area contributed by atoms with Crippen LogP contribution in [0.2, 0.25) is 0 Å². The molecule has 4 heteroatoms. The summed E-state index contributed by atoms with van der Waals surface area (Å²) < 4.78 is 2.51. The van der Waals surface area contributed by atoms with Gasteiger partial charge in [0.15, 0.2) is 0 Å². The van der Waals surface area contributed by atoms with E-state index in [1.807, 2.05) is 41.8 Å². The molecule has 0 unspecified atom stereocenters. The molecule has 4 heterocycles. The number of hydrogen-bond donors (Lipinski definition) is 0. The van der Waals surface area contributed by atoms with Gasteiger partial charge in [0, 0.05) is 53.7 Å². The first-order chi connectivity index (χ1) is 19.3. The van der Waals surface area contributed by atoms with Crippen molar-refractivity contribution in [3.8, 4) is 33.9 Å². The van der Waals surface area contributed by atoms with Crippen LogP contribution in [-0.4, -0.2) is 15.0 Å². The molecule has 0 fully saturated rings. The molecule has 4 aromatic heterocycles. The summed E-state index contributed by atoms with van der Waals surface area (Å²) in [5.74, 6) is 0. The molecular weight excluding hydrogens is 494 g/mol. The van der Waals surface area contributed by atoms with E-state index in [4.69, 9.17) is 9.97 Å². The average Bonchev–Trinajstić information content (AvgIpc) is 3.41. The van der Waals surface area contributed by atoms with Crippen LogP contribution >= 0.6 is 11.3 Å². The first-order valence-corrected chi connectivity index (χ1v) is 13.8. The highest BCUT2D eigenvalue weighted by atomic mass is 32.1. The van der Waals surface area contributed by atoms with Gasteiger partial charge in [0.25, 0.3) is 0 Å². The van der Waals surface area contributed by atoms with E-state index in [9.17, 15) is 0 Å². The lowest BCUT2D eigenvalue weighted by atomic mass is 9.93. The summed E-state index contributed by atoms with van der Waals surface area (Å²) in [7, 11) is 0. The molecule has 3 nitrogen and oxygen atoms in total. The van der Waals surface area contributed by atoms with Crippen molar-refractivity contribution in [2.24, 2.45) is 0 Å². The lowest BCUT2D eigenvalue weighted by molar-refractivity contribution is 1.25. The van der Waals surface area contributed by atoms with Gasteiger partial charge >= 0.3 is 0 Å². The zero-order valence-corrected chi connectivity index (χ0v) is 21.7. The minimum absolute atomic E-state index is 0.863. The Morgan fingerprint density at radius 3 is 2.13 bits per heavy atom. The summed E-state index contributed by atoms with van der Waals surface area (Å²) >= 11 is 1.83. The molecule has 39 heavy (non-hydrogen) atoms. The molecule has 0 amide bonds. The van der Waals surface area contributed by atoms with E-state index in [-0.39, 0.29) is 0 Å². The molecule has 8 rings (SSSR count). The molecule has 0 N–H and O–H groups in total. The SMILES string of the molecule is c1ccc(-c2nc3ccccc3c3c2cc(-c2cccc(-c4ccccn4)n2)c2sc4ccccc4c23)cc1. The van der Waals surface area contributed by atoms with E-state index < -0.39 is 0 Å². The number of benzene rings is 4. The van der Waals surface area contributed by atoms with Crippen LogP contribution in [0.3, 0.4) is 0 Å². The standard InChI is InChI=1S/C35H21N3S/c1-2-11-22(12-3-1)34-26-21-25(28-17-10-18-30(37-28)29-16-8-9-20-36-29)35-33(24-14-5-7-19-31(24)39-35)32(26)23-13-4-6-15-27(23)38-34/h1-21H. The highest BCUT2D eigenvalue weighted by Gasteiger charge is 2.20. The van der Waals surface area contributed by atoms with E-state index in [0.29, 0.717) is 0 Å². The second-order valence-corrected chi connectivity index (χ2v) is 10.7. The van der Waals surface area contributed by atoms with E-state index in [2.05, 4.69) is 102 Å². The molecule has 4 aromatic carbocycles. The van der Waals surface area contributed by atoms with Gasteiger partial charge in [0.1, 0.15) is 0 Å². The molecular formula is C35H21N3S. The van der Waals surface area contributed by atoms with E-state index >= 15 is 0 Å². The van der Waals surface area contributed by atoms with Gasteiger partial charge in [-0.05, 0) is 42.5 Å². The second kappa shape index (κ2) is 8.83. The molecule has 182 valence electrons. The Bertz CT molecular complexity index is 2170. The van der Waals surface area contributed by atoms with Crippen LogP contribution in [-0.2, 0) is 0 Å². The molecule has 0 aliphatic rings. The van der Waals surface area contributed by atoms with Crippen LogP contribution in [0.4, 0.5) is 0 Å². The number of aromatic nitrogens is 3. The monoisotopic (exact) mass is 515 g/mol. The minimum atomic E-state index is 0.863. The zero-order valence-electron chi connectivity index (χ0n) is 20.9. The number of nitrogens with zero attached hydrogens (tertiary/aromatic N) is 3. The van der Waals surface area contributed by atoms with Crippen LogP contribution < -0.4 is 0 Å². The van der Waals surface area contributed by atoms with Gasteiger partial charge in [0.05, 0.1) is 28.3 Å². The third-order valence-corrected chi connectivity index (χ3v) is 8.51. The quantitative estimate of drug-likeness (QED) is 0.220. The van der Waals surface area contributed by atoms with Gasteiger partial charge in [-0.3, -0.25) is 4.98 Å². The predicted molar refractivity (Wildman–Crippen MR) is 164 cm³/mol. The topological polar surface area (TPSA) is 38.7 Å². The number of thiophene rings is 1. The third-order valence-electron chi connectivity index (χ3n) is 7.31. The lowest BCUT2D eigenvalue weighted by Crippen LogP contribution is -1.93. The highest BCUT2D eigenvalue weighted by molar-refractivity contribution is 7.26. The molecule has 0 saturated carbocycles. The molecule has 0 spiro atoms. The highest BCUT2D eigenvalue weighted by Crippen LogP contribution is 2.47. The van der Waals surface area contributed by atoms with Gasteiger partial charge in [-0.1, -0.05) is 78.9 Å². The number of para-hydroxylation sites is 1. The molecule has 8 aromatic rings. The Hall–Kier alpha value is -4.93. The normalized spacial score (nSPS) is 11.6. The summed E-state index contributed by atoms with van der Waals surface area (Å²) in [5.41, 5.74) is 6.88. The van der Waals surface area contributed by atoms with Gasteiger partial charge in [-0.15, -0.1) is 11.3 Å². The summed E-state index contributed by atoms with van der Waals surface area (Å²) in [6.07, 6.45) is 1.81. The van der Waals surface area contributed by atoms with E-state index in [1.165, 1.54) is 30.9 Å². The van der Waals surface area contributed by atoms with E-state index in [0.717, 1.165) is 44.8 Å². The first kappa shape index (κ1) is 22.1. The maximum atomic E-state index is 5.22. The van der Waals surface area contributed by atoms with Crippen molar-refractivity contribution in [2.75, 3.05) is 0 Å². The van der Waals surface area contributed by atoms with Crippen LogP contribution in [0.25, 0.3) is 75.8 Å². The molecule has 0 saturated heterocycles. The fourth-order valence-corrected chi connectivity index (χ4v) is 6.81. The Labute approximate surface area is 229 Å². The minimum Gasteiger partial charge on any atom is -0.255 e. The largest absolute Gasteiger partial charge is 0.255 e. The second-order valence-electron chi connectivity index (χ2n) is 9.62. The third kappa shape index (κ3) is 3.53. The zero-order chi connectivity index (χ0) is 25.8. The fraction of sp³-hybridized carbons (Fsp3) is 0. The maximum absolute atomic E-state index is 5.22. The lowest BCUT2D eigenvalue weighted by Gasteiger charge is -2.14. The van der Waals surface area contributed by atoms with Crippen molar-refractivity contribution in [2.45, 2.75) is 0 Å². The van der Waals surface area contributed by atoms with Gasteiger partial charge < -0.3 is 0 Å². The number of hydrogen-bond acceptors (Lipinski definition) is 4. The van der Waals surface area contributed by atoms with Crippen molar-refractivity contribution >= 4 is 53.2 Å². The van der Waals surface area contributed by atoms with Crippen molar-refractivity contribution in [3.05, 3.63) is 128 Å². The fourth-order valence-electron chi connectivity index (χ4n) is 5.58.